The summed E-state index contributed by atoms with van der Waals surface area (Å²) in [5.74, 6) is 0.565. The highest BCUT2D eigenvalue weighted by molar-refractivity contribution is 6.35. The molecule has 0 saturated carbocycles. The number of hydrogen-bond donors (Lipinski definition) is 0. The van der Waals surface area contributed by atoms with Gasteiger partial charge < -0.3 is 4.74 Å². The molecule has 3 aromatic carbocycles. The number of hydrogen-bond acceptors (Lipinski definition) is 5. The van der Waals surface area contributed by atoms with Crippen LogP contribution in [0.25, 0.3) is 0 Å². The number of ether oxygens (including phenoxy) is 1. The highest BCUT2D eigenvalue weighted by Gasteiger charge is 2.42. The number of nitrogens with zero attached hydrogens (tertiary/aromatic N) is 3. The van der Waals surface area contributed by atoms with Gasteiger partial charge in [0.2, 0.25) is 6.23 Å². The van der Waals surface area contributed by atoms with Crippen LogP contribution >= 0.6 is 23.2 Å². The number of nitro groups is 1. The maximum absolute atomic E-state index is 11.0. The van der Waals surface area contributed by atoms with Crippen molar-refractivity contribution in [2.75, 3.05) is 0 Å². The molecule has 0 aliphatic carbocycles. The van der Waals surface area contributed by atoms with Crippen LogP contribution in [0.4, 0.5) is 5.69 Å². The summed E-state index contributed by atoms with van der Waals surface area (Å²) in [4.78, 5) is 10.6. The highest BCUT2D eigenvalue weighted by Crippen LogP contribution is 2.50. The van der Waals surface area contributed by atoms with E-state index in [1.165, 1.54) is 12.1 Å². The number of non-ortho nitro benzene ring substituents is 1. The molecule has 0 unspecified atom stereocenters. The maximum atomic E-state index is 11.0. The van der Waals surface area contributed by atoms with E-state index in [9.17, 15) is 10.1 Å². The zero-order valence-electron chi connectivity index (χ0n) is 15.5. The van der Waals surface area contributed by atoms with Gasteiger partial charge >= 0.3 is 0 Å². The molecule has 3 aromatic rings. The minimum absolute atomic E-state index is 0.0196. The first-order valence-corrected chi connectivity index (χ1v) is 10.1. The van der Waals surface area contributed by atoms with Crippen molar-refractivity contribution in [3.05, 3.63) is 104 Å². The second-order valence-corrected chi connectivity index (χ2v) is 7.98. The molecular formula is C22H15Cl2N3O3. The minimum atomic E-state index is -0.566. The fraction of sp³-hybridized carbons (Fsp3) is 0.136. The monoisotopic (exact) mass is 439 g/mol. The molecule has 2 atom stereocenters. The molecule has 0 bridgehead atoms. The largest absolute Gasteiger partial charge is 0.463 e. The van der Waals surface area contributed by atoms with E-state index in [0.29, 0.717) is 22.2 Å². The smallest absolute Gasteiger partial charge is 0.269 e. The van der Waals surface area contributed by atoms with Crippen LogP contribution in [-0.4, -0.2) is 15.6 Å². The van der Waals surface area contributed by atoms with Gasteiger partial charge in [-0.25, -0.2) is 5.01 Å². The summed E-state index contributed by atoms with van der Waals surface area (Å²) in [6, 6.07) is 19.6. The van der Waals surface area contributed by atoms with Gasteiger partial charge in [-0.15, -0.1) is 0 Å². The summed E-state index contributed by atoms with van der Waals surface area (Å²) in [7, 11) is 0. The first kappa shape index (κ1) is 18.9. The zero-order valence-corrected chi connectivity index (χ0v) is 17.0. The number of hydrazone groups is 1. The van der Waals surface area contributed by atoms with Crippen LogP contribution in [0, 0.1) is 10.1 Å². The molecule has 8 heteroatoms. The molecular weight excluding hydrogens is 425 g/mol. The third-order valence-corrected chi connectivity index (χ3v) is 5.80. The predicted octanol–water partition coefficient (Wildman–Crippen LogP) is 6.14. The van der Waals surface area contributed by atoms with Gasteiger partial charge in [0, 0.05) is 34.7 Å². The van der Waals surface area contributed by atoms with Gasteiger partial charge in [0.25, 0.3) is 5.69 Å². The summed E-state index contributed by atoms with van der Waals surface area (Å²) in [6.07, 6.45) is 0.101. The second kappa shape index (κ2) is 7.31. The summed E-state index contributed by atoms with van der Waals surface area (Å²) in [5.41, 5.74) is 3.61. The molecule has 2 aliphatic rings. The van der Waals surface area contributed by atoms with Crippen molar-refractivity contribution >= 4 is 34.6 Å². The number of benzene rings is 3. The lowest BCUT2D eigenvalue weighted by Crippen LogP contribution is -2.33. The quantitative estimate of drug-likeness (QED) is 0.362. The molecule has 0 saturated heterocycles. The fourth-order valence-electron chi connectivity index (χ4n) is 3.90. The van der Waals surface area contributed by atoms with Gasteiger partial charge in [-0.1, -0.05) is 53.5 Å². The lowest BCUT2D eigenvalue weighted by molar-refractivity contribution is -0.384. The van der Waals surface area contributed by atoms with Gasteiger partial charge in [0.15, 0.2) is 0 Å². The van der Waals surface area contributed by atoms with Crippen LogP contribution in [0.2, 0.25) is 10.0 Å². The Bertz CT molecular complexity index is 1170. The molecule has 0 aromatic heterocycles. The summed E-state index contributed by atoms with van der Waals surface area (Å²) >= 11 is 12.7. The van der Waals surface area contributed by atoms with Crippen molar-refractivity contribution in [2.45, 2.75) is 18.7 Å². The molecule has 0 N–H and O–H groups in total. The molecule has 0 fully saturated rings. The number of rotatable bonds is 3. The van der Waals surface area contributed by atoms with E-state index in [1.54, 1.807) is 18.2 Å². The molecule has 0 radical (unpaired) electrons. The van der Waals surface area contributed by atoms with E-state index in [1.807, 2.05) is 41.4 Å². The topological polar surface area (TPSA) is 68.0 Å². The van der Waals surface area contributed by atoms with Crippen molar-refractivity contribution in [2.24, 2.45) is 5.10 Å². The van der Waals surface area contributed by atoms with Gasteiger partial charge in [-0.2, -0.15) is 5.10 Å². The summed E-state index contributed by atoms with van der Waals surface area (Å²) in [6.45, 7) is 0. The van der Waals surface area contributed by atoms with E-state index < -0.39 is 11.2 Å². The third kappa shape index (κ3) is 3.18. The zero-order chi connectivity index (χ0) is 20.8. The normalized spacial score (nSPS) is 19.5. The Kier molecular flexibility index (Phi) is 4.60. The predicted molar refractivity (Wildman–Crippen MR) is 115 cm³/mol. The van der Waals surface area contributed by atoms with Crippen molar-refractivity contribution in [3.8, 4) is 5.75 Å². The van der Waals surface area contributed by atoms with Crippen molar-refractivity contribution in [1.82, 2.24) is 5.01 Å². The number of halogens is 2. The Morgan fingerprint density at radius 1 is 1.07 bits per heavy atom. The van der Waals surface area contributed by atoms with Crippen LogP contribution in [-0.2, 0) is 0 Å². The summed E-state index contributed by atoms with van der Waals surface area (Å²) < 4.78 is 6.26. The van der Waals surface area contributed by atoms with E-state index in [4.69, 9.17) is 33.0 Å². The molecule has 0 spiro atoms. The van der Waals surface area contributed by atoms with E-state index in [-0.39, 0.29) is 11.7 Å². The van der Waals surface area contributed by atoms with Crippen LogP contribution in [0.15, 0.2) is 71.8 Å². The van der Waals surface area contributed by atoms with E-state index in [2.05, 4.69) is 0 Å². The highest BCUT2D eigenvalue weighted by atomic mass is 35.5. The van der Waals surface area contributed by atoms with Gasteiger partial charge in [-0.05, 0) is 29.8 Å². The van der Waals surface area contributed by atoms with Crippen LogP contribution in [0.1, 0.15) is 35.4 Å². The molecule has 0 amide bonds. The van der Waals surface area contributed by atoms with E-state index in [0.717, 1.165) is 22.4 Å². The van der Waals surface area contributed by atoms with Gasteiger partial charge in [-0.3, -0.25) is 10.1 Å². The van der Waals surface area contributed by atoms with Crippen LogP contribution in [0.3, 0.4) is 0 Å². The molecule has 30 heavy (non-hydrogen) atoms. The van der Waals surface area contributed by atoms with Gasteiger partial charge in [0.05, 0.1) is 21.7 Å². The van der Waals surface area contributed by atoms with Crippen LogP contribution < -0.4 is 4.74 Å². The van der Waals surface area contributed by atoms with Crippen molar-refractivity contribution in [3.63, 3.8) is 0 Å². The molecule has 150 valence electrons. The maximum Gasteiger partial charge on any atom is 0.269 e. The average Bonchev–Trinajstić information content (AvgIpc) is 3.20. The van der Waals surface area contributed by atoms with Gasteiger partial charge in [0.1, 0.15) is 5.75 Å². The lowest BCUT2D eigenvalue weighted by Gasteiger charge is -2.38. The second-order valence-electron chi connectivity index (χ2n) is 7.14. The van der Waals surface area contributed by atoms with Crippen molar-refractivity contribution in [1.29, 1.82) is 0 Å². The van der Waals surface area contributed by atoms with E-state index >= 15 is 0 Å². The fourth-order valence-corrected chi connectivity index (χ4v) is 4.45. The van der Waals surface area contributed by atoms with Crippen LogP contribution in [0.5, 0.6) is 5.75 Å². The standard InChI is InChI=1S/C22H15Cl2N3O3/c23-15-10-17-20-12-19(13-4-2-1-3-5-13)25-26(20)22(30-21(17)18(24)11-15)14-6-8-16(9-7-14)27(28)29/h1-11,20,22H,12H2/t20-,22-/m1/s1. The first-order chi connectivity index (χ1) is 14.5. The third-order valence-electron chi connectivity index (χ3n) is 5.30. The average molecular weight is 440 g/mol. The summed E-state index contributed by atoms with van der Waals surface area (Å²) in [5, 5.41) is 18.7. The molecule has 2 aliphatic heterocycles. The Hall–Kier alpha value is -3.09. The Balaban J connectivity index is 1.61. The van der Waals surface area contributed by atoms with Crippen molar-refractivity contribution < 1.29 is 9.66 Å². The minimum Gasteiger partial charge on any atom is -0.463 e. The Morgan fingerprint density at radius 2 is 1.80 bits per heavy atom. The molecule has 6 nitrogen and oxygen atoms in total. The Morgan fingerprint density at radius 3 is 2.50 bits per heavy atom. The number of fused-ring (bicyclic) bond motifs is 3. The molecule has 2 heterocycles. The number of nitro benzene ring substituents is 1. The lowest BCUT2D eigenvalue weighted by atomic mass is 9.96. The molecule has 5 rings (SSSR count). The SMILES string of the molecule is O=[N+]([O-])c1ccc([C@H]2Oc3c(Cl)cc(Cl)cc3[C@H]3CC(c4ccccc4)=NN32)cc1. The Labute approximate surface area is 182 Å². The first-order valence-electron chi connectivity index (χ1n) is 9.32.